The van der Waals surface area contributed by atoms with Gasteiger partial charge in [0.2, 0.25) is 0 Å². The molecule has 1 N–H and O–H groups in total. The van der Waals surface area contributed by atoms with Crippen LogP contribution in [0.1, 0.15) is 59.8 Å². The van der Waals surface area contributed by atoms with E-state index in [1.165, 1.54) is 56.3 Å². The van der Waals surface area contributed by atoms with Crippen LogP contribution in [-0.4, -0.2) is 95.1 Å². The zero-order chi connectivity index (χ0) is 22.2. The van der Waals surface area contributed by atoms with Crippen LogP contribution in [0.4, 0.5) is 0 Å². The molecule has 0 unspecified atom stereocenters. The van der Waals surface area contributed by atoms with Gasteiger partial charge in [-0.2, -0.15) is 0 Å². The molecular weight excluding hydrogens is 374 g/mol. The topological polar surface area (TPSA) is 74.2 Å². The van der Waals surface area contributed by atoms with Gasteiger partial charge < -0.3 is 28.5 Å². The lowest BCUT2D eigenvalue weighted by molar-refractivity contribution is -0.928. The Kier molecular flexibility index (Phi) is 24.7. The number of quaternary nitrogens is 1. The summed E-state index contributed by atoms with van der Waals surface area (Å²) in [5.41, 5.74) is 0. The molecule has 0 heterocycles. The highest BCUT2D eigenvalue weighted by atomic mass is 16.6. The Labute approximate surface area is 179 Å². The summed E-state index contributed by atoms with van der Waals surface area (Å²) in [5, 5.41) is 8.32. The molecule has 0 aromatic rings. The van der Waals surface area contributed by atoms with Crippen molar-refractivity contribution in [2.75, 3.05) is 79.5 Å². The van der Waals surface area contributed by atoms with Crippen molar-refractivity contribution in [2.45, 2.75) is 59.8 Å². The first kappa shape index (κ1) is 30.5. The van der Waals surface area contributed by atoms with Crippen molar-refractivity contribution >= 4 is 5.97 Å². The van der Waals surface area contributed by atoms with Gasteiger partial charge in [0.05, 0.1) is 78.8 Å². The van der Waals surface area contributed by atoms with Gasteiger partial charge in [-0.25, -0.2) is 0 Å². The molecule has 0 aromatic carbocycles. The number of carboxylic acid groups (broad SMARTS) is 1. The molecule has 7 heteroatoms. The van der Waals surface area contributed by atoms with E-state index in [-0.39, 0.29) is 13.0 Å². The smallest absolute Gasteiger partial charge is 0.305 e. The van der Waals surface area contributed by atoms with Gasteiger partial charge in [-0.15, -0.1) is 0 Å². The quantitative estimate of drug-likeness (QED) is 0.239. The van der Waals surface area contributed by atoms with Gasteiger partial charge in [0.1, 0.15) is 0 Å². The second-order valence-electron chi connectivity index (χ2n) is 7.21. The minimum atomic E-state index is -0.854. The summed E-state index contributed by atoms with van der Waals surface area (Å²) < 4.78 is 21.5. The number of hydrogen-bond donors (Lipinski definition) is 1. The van der Waals surface area contributed by atoms with E-state index in [1.54, 1.807) is 7.11 Å². The lowest BCUT2D eigenvalue weighted by Crippen LogP contribution is -2.50. The number of methoxy groups -OCH3 is 1. The lowest BCUT2D eigenvalue weighted by atomic mass is 10.2. The van der Waals surface area contributed by atoms with Crippen molar-refractivity contribution in [3.05, 3.63) is 0 Å². The molecule has 0 saturated heterocycles. The molecule has 0 aliphatic rings. The van der Waals surface area contributed by atoms with Gasteiger partial charge in [-0.1, -0.05) is 27.7 Å². The second kappa shape index (κ2) is 23.5. The Hall–Kier alpha value is -0.730. The number of carbonyl (C=O) groups is 1. The second-order valence-corrected chi connectivity index (χ2v) is 7.21. The molecule has 0 bridgehead atoms. The van der Waals surface area contributed by atoms with E-state index >= 15 is 0 Å². The maximum atomic E-state index is 10.1. The van der Waals surface area contributed by atoms with Crippen molar-refractivity contribution in [3.8, 4) is 0 Å². The van der Waals surface area contributed by atoms with Crippen molar-refractivity contribution in [1.29, 1.82) is 0 Å². The third-order valence-corrected chi connectivity index (χ3v) is 4.43. The van der Waals surface area contributed by atoms with Gasteiger partial charge in [0.25, 0.3) is 0 Å². The van der Waals surface area contributed by atoms with Crippen LogP contribution in [0.25, 0.3) is 0 Å². The third-order valence-electron chi connectivity index (χ3n) is 4.43. The van der Waals surface area contributed by atoms with Crippen LogP contribution in [0.3, 0.4) is 0 Å². The first-order valence-corrected chi connectivity index (χ1v) is 11.3. The number of rotatable bonds is 20. The highest BCUT2D eigenvalue weighted by Crippen LogP contribution is 2.12. The normalized spacial score (nSPS) is 11.2. The van der Waals surface area contributed by atoms with E-state index in [1.807, 2.05) is 0 Å². The van der Waals surface area contributed by atoms with Crippen LogP contribution in [0, 0.1) is 0 Å². The van der Waals surface area contributed by atoms with Crippen molar-refractivity contribution in [3.63, 3.8) is 0 Å². The number of carboxylic acids is 1. The molecule has 0 spiro atoms. The van der Waals surface area contributed by atoms with E-state index in [9.17, 15) is 4.79 Å². The molecule has 0 atom stereocenters. The van der Waals surface area contributed by atoms with Crippen molar-refractivity contribution in [1.82, 2.24) is 0 Å². The summed E-state index contributed by atoms with van der Waals surface area (Å²) in [5.74, 6) is -0.854. The lowest BCUT2D eigenvalue weighted by Gasteiger charge is -2.38. The minimum Gasteiger partial charge on any atom is -0.481 e. The first-order valence-electron chi connectivity index (χ1n) is 11.3. The monoisotopic (exact) mass is 422 g/mol. The molecule has 176 valence electrons. The van der Waals surface area contributed by atoms with Gasteiger partial charge in [0, 0.05) is 7.11 Å². The summed E-state index contributed by atoms with van der Waals surface area (Å²) in [6.07, 6.45) is 5.36. The maximum Gasteiger partial charge on any atom is 0.305 e. The van der Waals surface area contributed by atoms with Crippen molar-refractivity contribution in [2.24, 2.45) is 0 Å². The summed E-state index contributed by atoms with van der Waals surface area (Å²) >= 11 is 0. The highest BCUT2D eigenvalue weighted by Gasteiger charge is 2.22. The van der Waals surface area contributed by atoms with Crippen molar-refractivity contribution < 1.29 is 33.3 Å². The first-order chi connectivity index (χ1) is 14.0. The summed E-state index contributed by atoms with van der Waals surface area (Å²) in [4.78, 5) is 10.1. The molecule has 0 amide bonds. The zero-order valence-corrected chi connectivity index (χ0v) is 19.7. The molecule has 0 fully saturated rings. The minimum absolute atomic E-state index is 0.0279. The Morgan fingerprint density at radius 3 is 1.31 bits per heavy atom. The largest absolute Gasteiger partial charge is 0.481 e. The standard InChI is InChI=1S/C12H28N.C10H20O6/c1-5-9-13(10-6-2,11-7-3)12-8-4;1-13-4-5-15-8-9-16-7-6-14-3-2-10(11)12/h5-12H2,1-4H3;2-9H2,1H3,(H,11,12)/q+1;. The molecule has 0 aromatic heterocycles. The molecular formula is C22H48NO6+. The number of ether oxygens (including phenoxy) is 4. The summed E-state index contributed by atoms with van der Waals surface area (Å²) in [6, 6.07) is 0. The fourth-order valence-corrected chi connectivity index (χ4v) is 3.41. The number of aliphatic carboxylic acids is 1. The predicted octanol–water partition coefficient (Wildman–Crippen LogP) is 3.60. The molecule has 7 nitrogen and oxygen atoms in total. The molecule has 29 heavy (non-hydrogen) atoms. The van der Waals surface area contributed by atoms with E-state index in [4.69, 9.17) is 24.1 Å². The van der Waals surface area contributed by atoms with Crippen LogP contribution >= 0.6 is 0 Å². The number of nitrogens with zero attached hydrogens (tertiary/aromatic N) is 1. The van der Waals surface area contributed by atoms with E-state index < -0.39 is 5.97 Å². The van der Waals surface area contributed by atoms with Crippen LogP contribution in [0.15, 0.2) is 0 Å². The van der Waals surface area contributed by atoms with Gasteiger partial charge in [-0.05, 0) is 25.7 Å². The Balaban J connectivity index is 0. The molecule has 0 aliphatic carbocycles. The maximum absolute atomic E-state index is 10.1. The Morgan fingerprint density at radius 1 is 0.655 bits per heavy atom. The van der Waals surface area contributed by atoms with Gasteiger partial charge in [-0.3, -0.25) is 4.79 Å². The average molecular weight is 423 g/mol. The van der Waals surface area contributed by atoms with E-state index in [0.717, 1.165) is 0 Å². The fourth-order valence-electron chi connectivity index (χ4n) is 3.41. The third kappa shape index (κ3) is 21.8. The molecule has 0 radical (unpaired) electrons. The van der Waals surface area contributed by atoms with E-state index in [0.29, 0.717) is 39.6 Å². The fraction of sp³-hybridized carbons (Fsp3) is 0.955. The summed E-state index contributed by atoms with van der Waals surface area (Å²) in [6.45, 7) is 18.1. The molecule has 0 aliphatic heterocycles. The Morgan fingerprint density at radius 2 is 1.00 bits per heavy atom. The molecule has 0 saturated carbocycles. The highest BCUT2D eigenvalue weighted by molar-refractivity contribution is 5.66. The van der Waals surface area contributed by atoms with Crippen LogP contribution in [0.5, 0.6) is 0 Å². The van der Waals surface area contributed by atoms with E-state index in [2.05, 4.69) is 27.7 Å². The zero-order valence-electron chi connectivity index (χ0n) is 19.7. The summed E-state index contributed by atoms with van der Waals surface area (Å²) in [7, 11) is 1.62. The SMILES string of the molecule is CCC[N+](CCC)(CCC)CCC.COCCOCCOCCOCCC(=O)O. The average Bonchev–Trinajstić information content (AvgIpc) is 2.67. The molecule has 0 rings (SSSR count). The number of hydrogen-bond acceptors (Lipinski definition) is 5. The van der Waals surface area contributed by atoms with Crippen LogP contribution < -0.4 is 0 Å². The van der Waals surface area contributed by atoms with Gasteiger partial charge >= 0.3 is 5.97 Å². The Bertz CT molecular complexity index is 312. The van der Waals surface area contributed by atoms with Gasteiger partial charge in [0.15, 0.2) is 0 Å². The van der Waals surface area contributed by atoms with Crippen LogP contribution in [0.2, 0.25) is 0 Å². The van der Waals surface area contributed by atoms with Crippen LogP contribution in [-0.2, 0) is 23.7 Å². The predicted molar refractivity (Wildman–Crippen MR) is 117 cm³/mol.